The lowest BCUT2D eigenvalue weighted by Crippen LogP contribution is -2.14. The van der Waals surface area contributed by atoms with Crippen LogP contribution >= 0.6 is 23.4 Å². The van der Waals surface area contributed by atoms with Gasteiger partial charge < -0.3 is 5.32 Å². The Labute approximate surface area is 190 Å². The molecule has 2 aromatic heterocycles. The Morgan fingerprint density at radius 2 is 2.06 bits per heavy atom. The molecule has 0 atom stereocenters. The van der Waals surface area contributed by atoms with E-state index in [0.717, 1.165) is 40.0 Å². The number of benzene rings is 2. The van der Waals surface area contributed by atoms with Crippen LogP contribution in [0.5, 0.6) is 0 Å². The van der Waals surface area contributed by atoms with Crippen molar-refractivity contribution in [3.8, 4) is 6.07 Å². The molecular weight excluding hydrogens is 428 g/mol. The Morgan fingerprint density at radius 1 is 1.26 bits per heavy atom. The lowest BCUT2D eigenvalue weighted by atomic mass is 10.1. The van der Waals surface area contributed by atoms with Crippen LogP contribution in [0, 0.1) is 18.3 Å². The van der Waals surface area contributed by atoms with Crippen molar-refractivity contribution in [1.82, 2.24) is 9.38 Å². The summed E-state index contributed by atoms with van der Waals surface area (Å²) >= 11 is 7.59. The van der Waals surface area contributed by atoms with E-state index in [1.165, 1.54) is 11.8 Å². The first-order valence-electron chi connectivity index (χ1n) is 10.0. The number of amides is 1. The van der Waals surface area contributed by atoms with Gasteiger partial charge in [-0.25, -0.2) is 4.98 Å². The van der Waals surface area contributed by atoms with Gasteiger partial charge in [-0.1, -0.05) is 54.9 Å². The molecule has 1 N–H and O–H groups in total. The van der Waals surface area contributed by atoms with Crippen molar-refractivity contribution in [2.75, 3.05) is 11.1 Å². The molecule has 5 nitrogen and oxygen atoms in total. The zero-order valence-corrected chi connectivity index (χ0v) is 18.8. The molecule has 2 aromatic carbocycles. The maximum atomic E-state index is 12.6. The minimum Gasteiger partial charge on any atom is -0.325 e. The molecule has 0 saturated heterocycles. The van der Waals surface area contributed by atoms with Gasteiger partial charge in [0.25, 0.3) is 0 Å². The summed E-state index contributed by atoms with van der Waals surface area (Å²) in [6, 6.07) is 17.6. The van der Waals surface area contributed by atoms with Crippen molar-refractivity contribution in [3.05, 3.63) is 70.2 Å². The second-order valence-electron chi connectivity index (χ2n) is 7.30. The number of hydrogen-bond acceptors (Lipinski definition) is 4. The summed E-state index contributed by atoms with van der Waals surface area (Å²) in [5, 5.41) is 14.2. The van der Waals surface area contributed by atoms with Gasteiger partial charge in [0.15, 0.2) is 5.65 Å². The van der Waals surface area contributed by atoms with Crippen LogP contribution < -0.4 is 5.32 Å². The number of nitriles is 1. The number of para-hydroxylation sites is 2. The van der Waals surface area contributed by atoms with Crippen LogP contribution in [0.4, 0.5) is 5.69 Å². The third-order valence-electron chi connectivity index (χ3n) is 5.06. The van der Waals surface area contributed by atoms with E-state index in [9.17, 15) is 10.1 Å². The van der Waals surface area contributed by atoms with Gasteiger partial charge in [0.2, 0.25) is 5.91 Å². The first kappa shape index (κ1) is 21.2. The molecule has 31 heavy (non-hydrogen) atoms. The molecule has 4 aromatic rings. The predicted molar refractivity (Wildman–Crippen MR) is 127 cm³/mol. The van der Waals surface area contributed by atoms with Gasteiger partial charge in [-0.3, -0.25) is 9.20 Å². The molecule has 1 amide bonds. The number of pyridine rings is 1. The van der Waals surface area contributed by atoms with Gasteiger partial charge in [-0.2, -0.15) is 5.26 Å². The van der Waals surface area contributed by atoms with E-state index in [1.54, 1.807) is 6.07 Å². The number of aryl methyl sites for hydroxylation is 2. The monoisotopic (exact) mass is 448 g/mol. The number of aromatic nitrogens is 2. The number of hydrogen-bond donors (Lipinski definition) is 1. The summed E-state index contributed by atoms with van der Waals surface area (Å²) in [5.74, 6) is 0.105. The quantitative estimate of drug-likeness (QED) is 0.367. The smallest absolute Gasteiger partial charge is 0.234 e. The van der Waals surface area contributed by atoms with E-state index in [-0.39, 0.29) is 11.7 Å². The standard InChI is InChI=1S/C24H21ClN4OS/c1-3-6-16-11-23(31-14-22(30)27-17-10-9-15(2)19(25)12-17)29-21-8-5-4-7-20(21)28-24(29)18(16)13-26/h4-5,7-12H,3,6,14H2,1-2H3,(H,27,30). The van der Waals surface area contributed by atoms with Crippen LogP contribution in [0.1, 0.15) is 30.0 Å². The molecule has 0 unspecified atom stereocenters. The number of fused-ring (bicyclic) bond motifs is 3. The van der Waals surface area contributed by atoms with Crippen LogP contribution in [0.15, 0.2) is 53.6 Å². The zero-order valence-electron chi connectivity index (χ0n) is 17.3. The predicted octanol–water partition coefficient (Wildman–Crippen LogP) is 6.00. The first-order chi connectivity index (χ1) is 15.0. The number of nitrogens with zero attached hydrogens (tertiary/aromatic N) is 3. The summed E-state index contributed by atoms with van der Waals surface area (Å²) in [7, 11) is 0. The third-order valence-corrected chi connectivity index (χ3v) is 6.47. The average Bonchev–Trinajstić information content (AvgIpc) is 3.14. The summed E-state index contributed by atoms with van der Waals surface area (Å²) in [4.78, 5) is 17.3. The summed E-state index contributed by atoms with van der Waals surface area (Å²) in [6.07, 6.45) is 1.70. The second kappa shape index (κ2) is 9.01. The molecule has 0 bridgehead atoms. The highest BCUT2D eigenvalue weighted by atomic mass is 35.5. The first-order valence-corrected chi connectivity index (χ1v) is 11.4. The second-order valence-corrected chi connectivity index (χ2v) is 8.71. The fourth-order valence-electron chi connectivity index (χ4n) is 3.55. The van der Waals surface area contributed by atoms with E-state index < -0.39 is 0 Å². The van der Waals surface area contributed by atoms with Gasteiger partial charge in [-0.05, 0) is 54.8 Å². The van der Waals surface area contributed by atoms with Crippen LogP contribution in [0.25, 0.3) is 16.7 Å². The zero-order chi connectivity index (χ0) is 22.0. The number of carbonyl (C=O) groups is 1. The molecule has 0 aliphatic carbocycles. The van der Waals surface area contributed by atoms with E-state index in [4.69, 9.17) is 16.6 Å². The van der Waals surface area contributed by atoms with Gasteiger partial charge in [0.1, 0.15) is 6.07 Å². The van der Waals surface area contributed by atoms with Crippen LogP contribution in [-0.4, -0.2) is 21.0 Å². The van der Waals surface area contributed by atoms with Crippen LogP contribution in [0.2, 0.25) is 5.02 Å². The number of thioether (sulfide) groups is 1. The number of nitrogens with one attached hydrogen (secondary N) is 1. The number of anilines is 1. The minimum atomic E-state index is -0.121. The maximum absolute atomic E-state index is 12.6. The Bertz CT molecular complexity index is 1340. The van der Waals surface area contributed by atoms with Gasteiger partial charge in [-0.15, -0.1) is 0 Å². The van der Waals surface area contributed by atoms with Crippen molar-refractivity contribution >= 4 is 51.6 Å². The lowest BCUT2D eigenvalue weighted by molar-refractivity contribution is -0.113. The van der Waals surface area contributed by atoms with Gasteiger partial charge >= 0.3 is 0 Å². The van der Waals surface area contributed by atoms with Crippen molar-refractivity contribution < 1.29 is 4.79 Å². The Balaban J connectivity index is 1.68. The molecule has 0 aliphatic rings. The van der Waals surface area contributed by atoms with Crippen LogP contribution in [0.3, 0.4) is 0 Å². The van der Waals surface area contributed by atoms with Gasteiger partial charge in [0, 0.05) is 10.7 Å². The van der Waals surface area contributed by atoms with E-state index in [2.05, 4.69) is 18.3 Å². The summed E-state index contributed by atoms with van der Waals surface area (Å²) < 4.78 is 1.98. The van der Waals surface area contributed by atoms with Gasteiger partial charge in [0.05, 0.1) is 27.4 Å². The highest BCUT2D eigenvalue weighted by Gasteiger charge is 2.17. The highest BCUT2D eigenvalue weighted by Crippen LogP contribution is 2.30. The molecule has 156 valence electrons. The molecule has 0 aliphatic heterocycles. The lowest BCUT2D eigenvalue weighted by Gasteiger charge is -2.12. The number of rotatable bonds is 6. The van der Waals surface area contributed by atoms with Crippen molar-refractivity contribution in [2.45, 2.75) is 31.7 Å². The number of halogens is 1. The topological polar surface area (TPSA) is 70.2 Å². The van der Waals surface area contributed by atoms with Crippen molar-refractivity contribution in [1.29, 1.82) is 5.26 Å². The molecule has 2 heterocycles. The number of imidazole rings is 1. The molecule has 0 spiro atoms. The molecule has 0 saturated carbocycles. The van der Waals surface area contributed by atoms with Crippen molar-refractivity contribution in [3.63, 3.8) is 0 Å². The molecule has 7 heteroatoms. The Hall–Kier alpha value is -3.01. The molecule has 0 radical (unpaired) electrons. The molecular formula is C24H21ClN4OS. The summed E-state index contributed by atoms with van der Waals surface area (Å²) in [5.41, 5.74) is 5.58. The average molecular weight is 449 g/mol. The third kappa shape index (κ3) is 4.25. The fourth-order valence-corrected chi connectivity index (χ4v) is 4.62. The molecule has 0 fully saturated rings. The fraction of sp³-hybridized carbons (Fsp3) is 0.208. The molecule has 4 rings (SSSR count). The number of carbonyl (C=O) groups excluding carboxylic acids is 1. The summed E-state index contributed by atoms with van der Waals surface area (Å²) in [6.45, 7) is 4.00. The normalized spacial score (nSPS) is 11.0. The highest BCUT2D eigenvalue weighted by molar-refractivity contribution is 7.99. The van der Waals surface area contributed by atoms with E-state index in [1.807, 2.05) is 53.8 Å². The van der Waals surface area contributed by atoms with Crippen molar-refractivity contribution in [2.24, 2.45) is 0 Å². The Kier molecular flexibility index (Phi) is 6.17. The van der Waals surface area contributed by atoms with Crippen LogP contribution in [-0.2, 0) is 11.2 Å². The Morgan fingerprint density at radius 3 is 2.81 bits per heavy atom. The SMILES string of the molecule is CCCc1cc(SCC(=O)Nc2ccc(C)c(Cl)c2)n2c(nc3ccccc32)c1C#N. The van der Waals surface area contributed by atoms with E-state index in [0.29, 0.717) is 21.9 Å². The minimum absolute atomic E-state index is 0.121. The largest absolute Gasteiger partial charge is 0.325 e. The maximum Gasteiger partial charge on any atom is 0.234 e. The van der Waals surface area contributed by atoms with E-state index >= 15 is 0 Å².